The van der Waals surface area contributed by atoms with Gasteiger partial charge < -0.3 is 0 Å². The van der Waals surface area contributed by atoms with Crippen LogP contribution in [0.5, 0.6) is 0 Å². The molecule has 1 aromatic heterocycles. The van der Waals surface area contributed by atoms with E-state index in [0.29, 0.717) is 16.3 Å². The maximum absolute atomic E-state index is 12.0. The molecule has 19 heavy (non-hydrogen) atoms. The van der Waals surface area contributed by atoms with Gasteiger partial charge in [0.05, 0.1) is 10.8 Å². The van der Waals surface area contributed by atoms with Gasteiger partial charge in [-0.2, -0.15) is 0 Å². The number of benzene rings is 1. The zero-order chi connectivity index (χ0) is 13.8. The highest BCUT2D eigenvalue weighted by atomic mass is 35.5. The van der Waals surface area contributed by atoms with Crippen LogP contribution in [0.15, 0.2) is 41.4 Å². The average molecular weight is 292 g/mol. The molecule has 0 aliphatic carbocycles. The molecule has 0 saturated carbocycles. The maximum Gasteiger partial charge on any atom is 0.173 e. The van der Waals surface area contributed by atoms with E-state index < -0.39 is 0 Å². The van der Waals surface area contributed by atoms with Crippen molar-refractivity contribution in [2.24, 2.45) is 0 Å². The van der Waals surface area contributed by atoms with Gasteiger partial charge in [-0.1, -0.05) is 35.5 Å². The minimum absolute atomic E-state index is 0.0634. The van der Waals surface area contributed by atoms with Crippen LogP contribution in [0.3, 0.4) is 0 Å². The highest BCUT2D eigenvalue weighted by Gasteiger charge is 2.08. The largest absolute Gasteiger partial charge is 0.293 e. The van der Waals surface area contributed by atoms with Crippen LogP contribution in [0.1, 0.15) is 21.6 Å². The van der Waals surface area contributed by atoms with E-state index >= 15 is 0 Å². The molecule has 0 fully saturated rings. The first-order chi connectivity index (χ1) is 9.04. The normalized spacial score (nSPS) is 10.5. The third-order valence-electron chi connectivity index (χ3n) is 2.57. The molecule has 1 heterocycles. The average Bonchev–Trinajstić information content (AvgIpc) is 2.35. The first-order valence-corrected chi connectivity index (χ1v) is 7.28. The van der Waals surface area contributed by atoms with E-state index in [2.05, 4.69) is 4.98 Å². The van der Waals surface area contributed by atoms with Crippen molar-refractivity contribution in [3.63, 3.8) is 0 Å². The van der Waals surface area contributed by atoms with E-state index in [4.69, 9.17) is 11.6 Å². The van der Waals surface area contributed by atoms with Gasteiger partial charge in [0.15, 0.2) is 5.78 Å². The van der Waals surface area contributed by atoms with Gasteiger partial charge in [-0.3, -0.25) is 4.79 Å². The summed E-state index contributed by atoms with van der Waals surface area (Å²) in [6.07, 6.45) is 0. The number of aryl methyl sites for hydroxylation is 2. The number of rotatable bonds is 4. The SMILES string of the molecule is Cc1cc(C)nc(SCC(=O)c2cccc(Cl)c2)c1. The van der Waals surface area contributed by atoms with Crippen LogP contribution in [0, 0.1) is 13.8 Å². The molecule has 2 aromatic rings. The molecular weight excluding hydrogens is 278 g/mol. The molecule has 0 spiro atoms. The van der Waals surface area contributed by atoms with Crippen LogP contribution in [-0.4, -0.2) is 16.5 Å². The quantitative estimate of drug-likeness (QED) is 0.620. The fourth-order valence-electron chi connectivity index (χ4n) is 1.76. The standard InChI is InChI=1S/C15H14ClNOS/c1-10-6-11(2)17-15(7-10)19-9-14(18)12-4-3-5-13(16)8-12/h3-8H,9H2,1-2H3. The van der Waals surface area contributed by atoms with Crippen molar-refractivity contribution >= 4 is 29.1 Å². The van der Waals surface area contributed by atoms with Gasteiger partial charge in [-0.05, 0) is 43.7 Å². The second-order valence-electron chi connectivity index (χ2n) is 4.35. The minimum Gasteiger partial charge on any atom is -0.293 e. The van der Waals surface area contributed by atoms with Gasteiger partial charge in [-0.25, -0.2) is 4.98 Å². The summed E-state index contributed by atoms with van der Waals surface area (Å²) in [6, 6.07) is 11.0. The fraction of sp³-hybridized carbons (Fsp3) is 0.200. The first-order valence-electron chi connectivity index (χ1n) is 5.91. The van der Waals surface area contributed by atoms with Crippen molar-refractivity contribution in [2.75, 3.05) is 5.75 Å². The van der Waals surface area contributed by atoms with Crippen molar-refractivity contribution in [3.05, 3.63) is 58.2 Å². The molecule has 0 saturated heterocycles. The monoisotopic (exact) mass is 291 g/mol. The lowest BCUT2D eigenvalue weighted by atomic mass is 10.1. The molecule has 0 bridgehead atoms. The Balaban J connectivity index is 2.04. The summed E-state index contributed by atoms with van der Waals surface area (Å²) in [5, 5.41) is 1.47. The number of halogens is 1. The minimum atomic E-state index is 0.0634. The van der Waals surface area contributed by atoms with Gasteiger partial charge in [-0.15, -0.1) is 0 Å². The van der Waals surface area contributed by atoms with Crippen LogP contribution in [0.25, 0.3) is 0 Å². The summed E-state index contributed by atoms with van der Waals surface area (Å²) in [5.41, 5.74) is 2.77. The van der Waals surface area contributed by atoms with Crippen LogP contribution in [-0.2, 0) is 0 Å². The zero-order valence-electron chi connectivity index (χ0n) is 10.8. The summed E-state index contributed by atoms with van der Waals surface area (Å²) in [6.45, 7) is 3.98. The lowest BCUT2D eigenvalue weighted by Crippen LogP contribution is -2.02. The van der Waals surface area contributed by atoms with Crippen LogP contribution >= 0.6 is 23.4 Å². The number of ketones is 1. The third kappa shape index (κ3) is 4.08. The van der Waals surface area contributed by atoms with Gasteiger partial charge in [0.1, 0.15) is 0 Å². The number of Topliss-reactive ketones (excluding diaryl/α,β-unsaturated/α-hetero) is 1. The molecule has 2 nitrogen and oxygen atoms in total. The summed E-state index contributed by atoms with van der Waals surface area (Å²) >= 11 is 7.33. The highest BCUT2D eigenvalue weighted by Crippen LogP contribution is 2.20. The Morgan fingerprint density at radius 3 is 2.74 bits per heavy atom. The van der Waals surface area contributed by atoms with Crippen molar-refractivity contribution in [1.29, 1.82) is 0 Å². The van der Waals surface area contributed by atoms with E-state index in [1.807, 2.05) is 26.0 Å². The molecule has 0 N–H and O–H groups in total. The lowest BCUT2D eigenvalue weighted by molar-refractivity contribution is 0.102. The number of nitrogens with zero attached hydrogens (tertiary/aromatic N) is 1. The smallest absolute Gasteiger partial charge is 0.173 e. The predicted molar refractivity (Wildman–Crippen MR) is 80.2 cm³/mol. The number of pyridine rings is 1. The molecular formula is C15H14ClNOS. The van der Waals surface area contributed by atoms with Crippen molar-refractivity contribution in [2.45, 2.75) is 18.9 Å². The first kappa shape index (κ1) is 14.1. The Morgan fingerprint density at radius 2 is 2.05 bits per heavy atom. The molecule has 0 amide bonds. The lowest BCUT2D eigenvalue weighted by Gasteiger charge is -2.04. The zero-order valence-corrected chi connectivity index (χ0v) is 12.4. The molecule has 0 radical (unpaired) electrons. The summed E-state index contributed by atoms with van der Waals surface area (Å²) in [5.74, 6) is 0.435. The van der Waals surface area contributed by atoms with E-state index in [9.17, 15) is 4.79 Å². The summed E-state index contributed by atoms with van der Waals surface area (Å²) in [7, 11) is 0. The Kier molecular flexibility index (Phi) is 4.61. The van der Waals surface area contributed by atoms with Crippen molar-refractivity contribution < 1.29 is 4.79 Å². The number of hydrogen-bond donors (Lipinski definition) is 0. The number of thioether (sulfide) groups is 1. The molecule has 0 aliphatic heterocycles. The van der Waals surface area contributed by atoms with Crippen molar-refractivity contribution in [1.82, 2.24) is 4.98 Å². The maximum atomic E-state index is 12.0. The predicted octanol–water partition coefficient (Wildman–Crippen LogP) is 4.33. The summed E-state index contributed by atoms with van der Waals surface area (Å²) in [4.78, 5) is 16.4. The second-order valence-corrected chi connectivity index (χ2v) is 5.78. The second kappa shape index (κ2) is 6.22. The Morgan fingerprint density at radius 1 is 1.26 bits per heavy atom. The van der Waals surface area contributed by atoms with Gasteiger partial charge in [0.2, 0.25) is 0 Å². The highest BCUT2D eigenvalue weighted by molar-refractivity contribution is 7.99. The van der Waals surface area contributed by atoms with Gasteiger partial charge >= 0.3 is 0 Å². The summed E-state index contributed by atoms with van der Waals surface area (Å²) < 4.78 is 0. The molecule has 2 rings (SSSR count). The van der Waals surface area contributed by atoms with Crippen LogP contribution < -0.4 is 0 Å². The number of hydrogen-bond acceptors (Lipinski definition) is 3. The van der Waals surface area contributed by atoms with E-state index in [1.54, 1.807) is 24.3 Å². The molecule has 0 aliphatic rings. The Bertz CT molecular complexity index is 593. The fourth-order valence-corrected chi connectivity index (χ4v) is 2.88. The van der Waals surface area contributed by atoms with E-state index in [1.165, 1.54) is 11.8 Å². The topological polar surface area (TPSA) is 30.0 Å². The number of carbonyl (C=O) groups is 1. The van der Waals surface area contributed by atoms with E-state index in [-0.39, 0.29) is 5.78 Å². The third-order valence-corrected chi connectivity index (χ3v) is 3.72. The van der Waals surface area contributed by atoms with Gasteiger partial charge in [0.25, 0.3) is 0 Å². The Labute approximate surface area is 122 Å². The molecule has 1 aromatic carbocycles. The number of carbonyl (C=O) groups excluding carboxylic acids is 1. The van der Waals surface area contributed by atoms with E-state index in [0.717, 1.165) is 16.3 Å². The Hall–Kier alpha value is -1.32. The van der Waals surface area contributed by atoms with Gasteiger partial charge in [0, 0.05) is 16.3 Å². The van der Waals surface area contributed by atoms with Crippen LogP contribution in [0.4, 0.5) is 0 Å². The van der Waals surface area contributed by atoms with Crippen molar-refractivity contribution in [3.8, 4) is 0 Å². The molecule has 0 unspecified atom stereocenters. The molecule has 98 valence electrons. The molecule has 0 atom stereocenters. The molecule has 4 heteroatoms. The van der Waals surface area contributed by atoms with Crippen LogP contribution in [0.2, 0.25) is 5.02 Å². The number of aromatic nitrogens is 1.